The molecule has 0 bridgehead atoms. The number of aryl methyl sites for hydroxylation is 1. The zero-order chi connectivity index (χ0) is 13.8. The molecule has 19 heavy (non-hydrogen) atoms. The Balaban J connectivity index is 2.47. The Hall–Kier alpha value is -1.68. The molecule has 0 unspecified atom stereocenters. The molecule has 2 rings (SSSR count). The fourth-order valence-corrected chi connectivity index (χ4v) is 1.90. The highest BCUT2D eigenvalue weighted by Gasteiger charge is 2.08. The second-order valence-corrected chi connectivity index (χ2v) is 4.49. The minimum absolute atomic E-state index is 0.0769. The third kappa shape index (κ3) is 3.20. The average molecular weight is 280 g/mol. The molecule has 0 spiro atoms. The first-order valence-corrected chi connectivity index (χ1v) is 6.59. The van der Waals surface area contributed by atoms with Crippen LogP contribution in [-0.2, 0) is 6.42 Å². The van der Waals surface area contributed by atoms with Gasteiger partial charge in [-0.05, 0) is 31.5 Å². The average Bonchev–Trinajstić information content (AvgIpc) is 2.42. The van der Waals surface area contributed by atoms with Gasteiger partial charge >= 0.3 is 0 Å². The van der Waals surface area contributed by atoms with Crippen LogP contribution in [0.1, 0.15) is 19.5 Å². The first-order valence-electron chi connectivity index (χ1n) is 6.21. The number of nitrogens with one attached hydrogen (secondary N) is 1. The fourth-order valence-electron chi connectivity index (χ4n) is 1.71. The third-order valence-electron chi connectivity index (χ3n) is 2.68. The van der Waals surface area contributed by atoms with Gasteiger partial charge in [0.2, 0.25) is 0 Å². The minimum atomic E-state index is -0.441. The van der Waals surface area contributed by atoms with E-state index in [0.29, 0.717) is 11.4 Å². The van der Waals surface area contributed by atoms with Gasteiger partial charge in [0.05, 0.1) is 5.02 Å². The van der Waals surface area contributed by atoms with E-state index in [2.05, 4.69) is 15.3 Å². The summed E-state index contributed by atoms with van der Waals surface area (Å²) in [6, 6.07) is 6.41. The van der Waals surface area contributed by atoms with Crippen LogP contribution in [0.15, 0.2) is 24.3 Å². The van der Waals surface area contributed by atoms with Crippen LogP contribution in [0.5, 0.6) is 0 Å². The van der Waals surface area contributed by atoms with Crippen LogP contribution in [0.2, 0.25) is 5.02 Å². The van der Waals surface area contributed by atoms with Gasteiger partial charge < -0.3 is 5.32 Å². The summed E-state index contributed by atoms with van der Waals surface area (Å²) < 4.78 is 13.2. The lowest BCUT2D eigenvalue weighted by Crippen LogP contribution is -2.03. The van der Waals surface area contributed by atoms with Gasteiger partial charge in [-0.1, -0.05) is 18.5 Å². The van der Waals surface area contributed by atoms with Gasteiger partial charge in [0.1, 0.15) is 11.6 Å². The van der Waals surface area contributed by atoms with Gasteiger partial charge in [-0.3, -0.25) is 0 Å². The first kappa shape index (κ1) is 13.7. The topological polar surface area (TPSA) is 37.8 Å². The molecule has 1 N–H and O–H groups in total. The first-order chi connectivity index (χ1) is 9.13. The van der Waals surface area contributed by atoms with Crippen LogP contribution in [-0.4, -0.2) is 16.5 Å². The summed E-state index contributed by atoms with van der Waals surface area (Å²) in [5.41, 5.74) is 1.64. The highest BCUT2D eigenvalue weighted by Crippen LogP contribution is 2.23. The van der Waals surface area contributed by atoms with E-state index in [4.69, 9.17) is 11.6 Å². The Bertz CT molecular complexity index is 587. The molecule has 5 heteroatoms. The van der Waals surface area contributed by atoms with Gasteiger partial charge in [-0.15, -0.1) is 0 Å². The summed E-state index contributed by atoms with van der Waals surface area (Å²) >= 11 is 5.79. The summed E-state index contributed by atoms with van der Waals surface area (Å²) in [7, 11) is 0. The van der Waals surface area contributed by atoms with Crippen molar-refractivity contribution in [3.8, 4) is 11.4 Å². The van der Waals surface area contributed by atoms with E-state index in [1.54, 1.807) is 12.1 Å². The summed E-state index contributed by atoms with van der Waals surface area (Å²) in [4.78, 5) is 8.85. The summed E-state index contributed by atoms with van der Waals surface area (Å²) in [6.45, 7) is 4.81. The van der Waals surface area contributed by atoms with Gasteiger partial charge in [-0.2, -0.15) is 0 Å². The highest BCUT2D eigenvalue weighted by atomic mass is 35.5. The molecule has 0 saturated carbocycles. The van der Waals surface area contributed by atoms with E-state index in [1.165, 1.54) is 6.07 Å². The molecule has 1 aromatic carbocycles. The third-order valence-corrected chi connectivity index (χ3v) is 2.97. The number of hydrogen-bond donors (Lipinski definition) is 1. The van der Waals surface area contributed by atoms with Crippen LogP contribution < -0.4 is 5.32 Å². The molecule has 0 aliphatic carbocycles. The smallest absolute Gasteiger partial charge is 0.161 e. The van der Waals surface area contributed by atoms with Gasteiger partial charge in [-0.25, -0.2) is 14.4 Å². The van der Waals surface area contributed by atoms with Crippen molar-refractivity contribution in [2.45, 2.75) is 20.3 Å². The quantitative estimate of drug-likeness (QED) is 0.921. The zero-order valence-electron chi connectivity index (χ0n) is 10.9. The maximum Gasteiger partial charge on any atom is 0.161 e. The van der Waals surface area contributed by atoms with E-state index in [9.17, 15) is 4.39 Å². The molecule has 3 nitrogen and oxygen atoms in total. The molecule has 0 aliphatic rings. The maximum atomic E-state index is 13.2. The SMILES string of the molecule is CCNc1cc(CC)nc(-c2ccc(F)c(Cl)c2)n1. The minimum Gasteiger partial charge on any atom is -0.370 e. The number of anilines is 1. The number of benzene rings is 1. The summed E-state index contributed by atoms with van der Waals surface area (Å²) in [6.07, 6.45) is 0.808. The molecule has 0 amide bonds. The van der Waals surface area contributed by atoms with Crippen LogP contribution in [0.3, 0.4) is 0 Å². The molecule has 0 atom stereocenters. The fraction of sp³-hybridized carbons (Fsp3) is 0.286. The van der Waals surface area contributed by atoms with Crippen molar-refractivity contribution in [2.75, 3.05) is 11.9 Å². The number of aromatic nitrogens is 2. The second-order valence-electron chi connectivity index (χ2n) is 4.08. The Morgan fingerprint density at radius 1 is 1.21 bits per heavy atom. The van der Waals surface area contributed by atoms with Crippen molar-refractivity contribution in [1.29, 1.82) is 0 Å². The van der Waals surface area contributed by atoms with Crippen molar-refractivity contribution in [3.63, 3.8) is 0 Å². The number of halogens is 2. The van der Waals surface area contributed by atoms with Gasteiger partial charge in [0.15, 0.2) is 5.82 Å². The van der Waals surface area contributed by atoms with Crippen molar-refractivity contribution in [1.82, 2.24) is 9.97 Å². The lowest BCUT2D eigenvalue weighted by atomic mass is 10.2. The number of rotatable bonds is 4. The molecule has 100 valence electrons. The molecule has 0 radical (unpaired) electrons. The largest absolute Gasteiger partial charge is 0.370 e. The Morgan fingerprint density at radius 2 is 2.00 bits per heavy atom. The van der Waals surface area contributed by atoms with Crippen LogP contribution in [0, 0.1) is 5.82 Å². The predicted octanol–water partition coefficient (Wildman–Crippen LogP) is 3.93. The predicted molar refractivity (Wildman–Crippen MR) is 76.0 cm³/mol. The van der Waals surface area contributed by atoms with Crippen molar-refractivity contribution < 1.29 is 4.39 Å². The van der Waals surface area contributed by atoms with E-state index >= 15 is 0 Å². The maximum absolute atomic E-state index is 13.2. The van der Waals surface area contributed by atoms with E-state index < -0.39 is 5.82 Å². The molecule has 1 heterocycles. The molecular weight excluding hydrogens is 265 g/mol. The lowest BCUT2D eigenvalue weighted by molar-refractivity contribution is 0.628. The Labute approximate surface area is 116 Å². The van der Waals surface area contributed by atoms with Crippen LogP contribution >= 0.6 is 11.6 Å². The molecule has 2 aromatic rings. The standard InChI is InChI=1S/C14H15ClFN3/c1-3-10-8-13(17-4-2)19-14(18-10)9-5-6-12(16)11(15)7-9/h5-8H,3-4H2,1-2H3,(H,17,18,19). The zero-order valence-corrected chi connectivity index (χ0v) is 11.6. The molecule has 0 saturated heterocycles. The van der Waals surface area contributed by atoms with Crippen LogP contribution in [0.4, 0.5) is 10.2 Å². The van der Waals surface area contributed by atoms with E-state index in [1.807, 2.05) is 19.9 Å². The second kappa shape index (κ2) is 5.97. The van der Waals surface area contributed by atoms with Crippen molar-refractivity contribution >= 4 is 17.4 Å². The van der Waals surface area contributed by atoms with Crippen molar-refractivity contribution in [2.24, 2.45) is 0 Å². The van der Waals surface area contributed by atoms with E-state index in [0.717, 1.165) is 24.5 Å². The summed E-state index contributed by atoms with van der Waals surface area (Å²) in [5.74, 6) is 0.881. The van der Waals surface area contributed by atoms with Gasteiger partial charge in [0, 0.05) is 23.9 Å². The normalized spacial score (nSPS) is 10.5. The lowest BCUT2D eigenvalue weighted by Gasteiger charge is -2.08. The molecular formula is C14H15ClFN3. The molecule has 0 fully saturated rings. The van der Waals surface area contributed by atoms with Gasteiger partial charge in [0.25, 0.3) is 0 Å². The number of nitrogens with zero attached hydrogens (tertiary/aromatic N) is 2. The van der Waals surface area contributed by atoms with E-state index in [-0.39, 0.29) is 5.02 Å². The highest BCUT2D eigenvalue weighted by molar-refractivity contribution is 6.31. The monoisotopic (exact) mass is 279 g/mol. The van der Waals surface area contributed by atoms with Crippen molar-refractivity contribution in [3.05, 3.63) is 40.8 Å². The summed E-state index contributed by atoms with van der Waals surface area (Å²) in [5, 5.41) is 3.24. The number of hydrogen-bond acceptors (Lipinski definition) is 3. The molecule has 1 aromatic heterocycles. The Kier molecular flexibility index (Phi) is 4.32. The molecule has 0 aliphatic heterocycles. The Morgan fingerprint density at radius 3 is 2.63 bits per heavy atom. The van der Waals surface area contributed by atoms with Crippen LogP contribution in [0.25, 0.3) is 11.4 Å².